The molecule has 12 heavy (non-hydrogen) atoms. The minimum absolute atomic E-state index is 0.671. The fourth-order valence-corrected chi connectivity index (χ4v) is 1.20. The zero-order chi connectivity index (χ0) is 8.72. The van der Waals surface area contributed by atoms with Crippen molar-refractivity contribution in [2.75, 3.05) is 11.5 Å². The predicted molar refractivity (Wildman–Crippen MR) is 48.8 cm³/mol. The Morgan fingerprint density at radius 1 is 1.42 bits per heavy atom. The van der Waals surface area contributed by atoms with E-state index in [1.54, 1.807) is 12.1 Å². The third-order valence-corrected chi connectivity index (χ3v) is 1.87. The van der Waals surface area contributed by atoms with Gasteiger partial charge in [-0.05, 0) is 13.0 Å². The smallest absolute Gasteiger partial charge is 0.140 e. The van der Waals surface area contributed by atoms with Crippen LogP contribution in [-0.4, -0.2) is 9.38 Å². The van der Waals surface area contributed by atoms with Crippen LogP contribution in [-0.2, 0) is 0 Å². The van der Waals surface area contributed by atoms with Crippen molar-refractivity contribution >= 4 is 17.2 Å². The summed E-state index contributed by atoms with van der Waals surface area (Å²) in [6.07, 6.45) is 1.82. The highest BCUT2D eigenvalue weighted by molar-refractivity contribution is 5.58. The van der Waals surface area contributed by atoms with Gasteiger partial charge in [-0.25, -0.2) is 4.98 Å². The standard InChI is InChI=1S/C8H10N4/c1-5-8(10)12-3-2-6(9)4-7(12)11-5/h2-4H,9-10H2,1H3. The first-order valence-electron chi connectivity index (χ1n) is 3.68. The molecule has 4 heteroatoms. The Morgan fingerprint density at radius 2 is 2.17 bits per heavy atom. The second-order valence-electron chi connectivity index (χ2n) is 2.77. The molecule has 0 fully saturated rings. The maximum absolute atomic E-state index is 5.75. The molecule has 0 aromatic carbocycles. The molecule has 4 nitrogen and oxygen atoms in total. The van der Waals surface area contributed by atoms with E-state index >= 15 is 0 Å². The molecule has 2 aromatic heterocycles. The van der Waals surface area contributed by atoms with Crippen LogP contribution in [0.3, 0.4) is 0 Å². The Hall–Kier alpha value is -1.71. The number of hydrogen-bond donors (Lipinski definition) is 2. The van der Waals surface area contributed by atoms with Crippen molar-refractivity contribution in [3.05, 3.63) is 24.0 Å². The van der Waals surface area contributed by atoms with Crippen LogP contribution in [0.1, 0.15) is 5.69 Å². The van der Waals surface area contributed by atoms with Gasteiger partial charge >= 0.3 is 0 Å². The largest absolute Gasteiger partial charge is 0.399 e. The summed E-state index contributed by atoms with van der Waals surface area (Å²) in [6.45, 7) is 1.87. The van der Waals surface area contributed by atoms with E-state index in [-0.39, 0.29) is 0 Å². The number of nitrogens with two attached hydrogens (primary N) is 2. The van der Waals surface area contributed by atoms with Crippen molar-refractivity contribution in [1.82, 2.24) is 9.38 Å². The summed E-state index contributed by atoms with van der Waals surface area (Å²) in [6, 6.07) is 3.59. The van der Waals surface area contributed by atoms with Gasteiger partial charge in [0.2, 0.25) is 0 Å². The highest BCUT2D eigenvalue weighted by atomic mass is 15.1. The fourth-order valence-electron chi connectivity index (χ4n) is 1.20. The predicted octanol–water partition coefficient (Wildman–Crippen LogP) is 0.807. The van der Waals surface area contributed by atoms with Gasteiger partial charge in [0.15, 0.2) is 0 Å². The second kappa shape index (κ2) is 2.14. The first-order valence-corrected chi connectivity index (χ1v) is 3.68. The molecule has 62 valence electrons. The number of rotatable bonds is 0. The van der Waals surface area contributed by atoms with Gasteiger partial charge in [-0.3, -0.25) is 4.40 Å². The molecule has 0 unspecified atom stereocenters. The number of anilines is 2. The molecule has 0 spiro atoms. The lowest BCUT2D eigenvalue weighted by molar-refractivity contribution is 1.20. The van der Waals surface area contributed by atoms with Crippen LogP contribution in [0.4, 0.5) is 11.5 Å². The highest BCUT2D eigenvalue weighted by Crippen LogP contribution is 2.15. The van der Waals surface area contributed by atoms with Gasteiger partial charge < -0.3 is 11.5 Å². The molecule has 0 saturated heterocycles. The molecule has 0 aliphatic rings. The van der Waals surface area contributed by atoms with Crippen LogP contribution in [0.25, 0.3) is 5.65 Å². The molecule has 2 aromatic rings. The Labute approximate surface area is 69.8 Å². The lowest BCUT2D eigenvalue weighted by atomic mass is 10.4. The third kappa shape index (κ3) is 0.812. The van der Waals surface area contributed by atoms with E-state index in [0.717, 1.165) is 11.3 Å². The third-order valence-electron chi connectivity index (χ3n) is 1.87. The summed E-state index contributed by atoms with van der Waals surface area (Å²) in [4.78, 5) is 4.23. The van der Waals surface area contributed by atoms with Crippen LogP contribution in [0.2, 0.25) is 0 Å². The molecular formula is C8H10N4. The van der Waals surface area contributed by atoms with Crippen molar-refractivity contribution in [3.63, 3.8) is 0 Å². The van der Waals surface area contributed by atoms with Crippen LogP contribution in [0.15, 0.2) is 18.3 Å². The molecular weight excluding hydrogens is 152 g/mol. The molecule has 0 atom stereocenters. The Balaban J connectivity index is 2.87. The van der Waals surface area contributed by atoms with Gasteiger partial charge in [-0.2, -0.15) is 0 Å². The molecule has 0 bridgehead atoms. The number of nitrogens with zero attached hydrogens (tertiary/aromatic N) is 2. The fraction of sp³-hybridized carbons (Fsp3) is 0.125. The Morgan fingerprint density at radius 3 is 2.92 bits per heavy atom. The van der Waals surface area contributed by atoms with Crippen molar-refractivity contribution in [3.8, 4) is 0 Å². The first kappa shape index (κ1) is 6.97. The van der Waals surface area contributed by atoms with Gasteiger partial charge in [-0.15, -0.1) is 0 Å². The number of fused-ring (bicyclic) bond motifs is 1. The van der Waals surface area contributed by atoms with E-state index in [0.29, 0.717) is 11.5 Å². The second-order valence-corrected chi connectivity index (χ2v) is 2.77. The molecule has 0 aliphatic carbocycles. The lowest BCUT2D eigenvalue weighted by Gasteiger charge is -1.96. The summed E-state index contributed by atoms with van der Waals surface area (Å²) in [5.41, 5.74) is 13.7. The van der Waals surface area contributed by atoms with E-state index in [1.165, 1.54) is 0 Å². The van der Waals surface area contributed by atoms with Crippen LogP contribution < -0.4 is 11.5 Å². The summed E-state index contributed by atoms with van der Waals surface area (Å²) in [7, 11) is 0. The summed E-state index contributed by atoms with van der Waals surface area (Å²) in [5, 5.41) is 0. The maximum atomic E-state index is 5.75. The van der Waals surface area contributed by atoms with Crippen LogP contribution in [0, 0.1) is 6.92 Å². The number of hydrogen-bond acceptors (Lipinski definition) is 3. The quantitative estimate of drug-likeness (QED) is 0.602. The monoisotopic (exact) mass is 162 g/mol. The van der Waals surface area contributed by atoms with E-state index < -0.39 is 0 Å². The van der Waals surface area contributed by atoms with Gasteiger partial charge in [-0.1, -0.05) is 0 Å². The van der Waals surface area contributed by atoms with Crippen molar-refractivity contribution in [1.29, 1.82) is 0 Å². The number of aryl methyl sites for hydroxylation is 1. The van der Waals surface area contributed by atoms with Gasteiger partial charge in [0.05, 0.1) is 5.69 Å². The van der Waals surface area contributed by atoms with E-state index in [9.17, 15) is 0 Å². The summed E-state index contributed by atoms with van der Waals surface area (Å²) < 4.78 is 1.81. The van der Waals surface area contributed by atoms with Crippen LogP contribution >= 0.6 is 0 Å². The molecule has 0 amide bonds. The van der Waals surface area contributed by atoms with Gasteiger partial charge in [0.1, 0.15) is 11.5 Å². The van der Waals surface area contributed by atoms with Crippen LogP contribution in [0.5, 0.6) is 0 Å². The lowest BCUT2D eigenvalue weighted by Crippen LogP contribution is -1.94. The molecule has 2 rings (SSSR count). The molecule has 2 heterocycles. The number of aromatic nitrogens is 2. The average molecular weight is 162 g/mol. The minimum Gasteiger partial charge on any atom is -0.399 e. The topological polar surface area (TPSA) is 69.3 Å². The number of pyridine rings is 1. The van der Waals surface area contributed by atoms with E-state index in [4.69, 9.17) is 11.5 Å². The molecule has 0 radical (unpaired) electrons. The first-order chi connectivity index (χ1) is 5.68. The van der Waals surface area contributed by atoms with Gasteiger partial charge in [0.25, 0.3) is 0 Å². The van der Waals surface area contributed by atoms with Crippen molar-refractivity contribution in [2.24, 2.45) is 0 Å². The highest BCUT2D eigenvalue weighted by Gasteiger charge is 2.03. The summed E-state index contributed by atoms with van der Waals surface area (Å²) >= 11 is 0. The molecule has 0 saturated carbocycles. The van der Waals surface area contributed by atoms with Crippen molar-refractivity contribution in [2.45, 2.75) is 6.92 Å². The number of imidazole rings is 1. The van der Waals surface area contributed by atoms with Gasteiger partial charge in [0, 0.05) is 18.0 Å². The van der Waals surface area contributed by atoms with Crippen molar-refractivity contribution < 1.29 is 0 Å². The SMILES string of the molecule is Cc1nc2cc(N)ccn2c1N. The Bertz CT molecular complexity index is 430. The molecule has 0 aliphatic heterocycles. The zero-order valence-corrected chi connectivity index (χ0v) is 6.78. The average Bonchev–Trinajstić information content (AvgIpc) is 2.28. The minimum atomic E-state index is 0.671. The maximum Gasteiger partial charge on any atom is 0.140 e. The van der Waals surface area contributed by atoms with E-state index in [1.807, 2.05) is 17.5 Å². The normalized spacial score (nSPS) is 10.8. The zero-order valence-electron chi connectivity index (χ0n) is 6.78. The molecule has 4 N–H and O–H groups in total. The summed E-state index contributed by atoms with van der Waals surface area (Å²) in [5.74, 6) is 0.671. The Kier molecular flexibility index (Phi) is 1.24. The number of nitrogen functional groups attached to an aromatic ring is 2. The van der Waals surface area contributed by atoms with E-state index in [2.05, 4.69) is 4.98 Å².